The van der Waals surface area contributed by atoms with Gasteiger partial charge in [-0.15, -0.1) is 0 Å². The Balaban J connectivity index is 2.10. The Labute approximate surface area is 95.8 Å². The molecule has 0 heterocycles. The Kier molecular flexibility index (Phi) is 2.26. The second-order valence-electron chi connectivity index (χ2n) is 4.23. The van der Waals surface area contributed by atoms with Gasteiger partial charge in [-0.25, -0.2) is 0 Å². The summed E-state index contributed by atoms with van der Waals surface area (Å²) in [4.78, 5) is 0. The van der Waals surface area contributed by atoms with E-state index >= 15 is 0 Å². The number of hydrogen-bond donors (Lipinski definition) is 0. The molecule has 0 aliphatic heterocycles. The van der Waals surface area contributed by atoms with Gasteiger partial charge in [0.05, 0.1) is 6.61 Å². The summed E-state index contributed by atoms with van der Waals surface area (Å²) in [6.07, 6.45) is 17.4. The minimum atomic E-state index is 0.435. The fraction of sp³-hybridized carbons (Fsp3) is 0.200. The molecular weight excluding hydrogens is 196 g/mol. The topological polar surface area (TPSA) is 9.23 Å². The highest BCUT2D eigenvalue weighted by Crippen LogP contribution is 2.41. The summed E-state index contributed by atoms with van der Waals surface area (Å²) in [5.41, 5.74) is 5.44. The lowest BCUT2D eigenvalue weighted by atomic mass is 9.73. The third kappa shape index (κ3) is 1.36. The molecule has 1 unspecified atom stereocenters. The van der Waals surface area contributed by atoms with Crippen molar-refractivity contribution in [2.24, 2.45) is 5.92 Å². The highest BCUT2D eigenvalue weighted by molar-refractivity contribution is 5.60. The van der Waals surface area contributed by atoms with Gasteiger partial charge in [0, 0.05) is 13.0 Å². The summed E-state index contributed by atoms with van der Waals surface area (Å²) >= 11 is 0. The van der Waals surface area contributed by atoms with Crippen molar-refractivity contribution in [1.82, 2.24) is 0 Å². The van der Waals surface area contributed by atoms with Gasteiger partial charge in [0.1, 0.15) is 0 Å². The van der Waals surface area contributed by atoms with Gasteiger partial charge in [0.2, 0.25) is 0 Å². The van der Waals surface area contributed by atoms with E-state index < -0.39 is 0 Å². The van der Waals surface area contributed by atoms with Gasteiger partial charge in [-0.3, -0.25) is 0 Å². The lowest BCUT2D eigenvalue weighted by Crippen LogP contribution is -2.19. The van der Waals surface area contributed by atoms with E-state index in [2.05, 4.69) is 48.6 Å². The third-order valence-corrected chi connectivity index (χ3v) is 3.27. The Morgan fingerprint density at radius 3 is 2.56 bits per heavy atom. The first kappa shape index (κ1) is 9.61. The molecule has 3 aliphatic rings. The van der Waals surface area contributed by atoms with Crippen molar-refractivity contribution in [1.29, 1.82) is 0 Å². The molecule has 3 rings (SSSR count). The zero-order valence-corrected chi connectivity index (χ0v) is 9.31. The van der Waals surface area contributed by atoms with Crippen LogP contribution >= 0.6 is 0 Å². The predicted molar refractivity (Wildman–Crippen MR) is 66.0 cm³/mol. The van der Waals surface area contributed by atoms with Crippen LogP contribution in [0.25, 0.3) is 0 Å². The van der Waals surface area contributed by atoms with E-state index in [1.165, 1.54) is 22.3 Å². The number of methoxy groups -OCH3 is 1. The molecule has 16 heavy (non-hydrogen) atoms. The molecule has 0 spiro atoms. The van der Waals surface area contributed by atoms with Crippen molar-refractivity contribution >= 4 is 0 Å². The molecule has 0 saturated heterocycles. The molecule has 0 N–H and O–H groups in total. The molecule has 3 aliphatic carbocycles. The molecule has 0 amide bonds. The van der Waals surface area contributed by atoms with Crippen LogP contribution in [-0.4, -0.2) is 13.7 Å². The zero-order chi connectivity index (χ0) is 11.0. The molecule has 1 heteroatoms. The van der Waals surface area contributed by atoms with Gasteiger partial charge < -0.3 is 4.74 Å². The maximum atomic E-state index is 5.25. The van der Waals surface area contributed by atoms with Crippen molar-refractivity contribution in [3.05, 3.63) is 70.9 Å². The lowest BCUT2D eigenvalue weighted by Gasteiger charge is -2.31. The molecule has 0 saturated carbocycles. The summed E-state index contributed by atoms with van der Waals surface area (Å²) < 4.78 is 5.25. The highest BCUT2D eigenvalue weighted by atomic mass is 16.5. The van der Waals surface area contributed by atoms with Crippen molar-refractivity contribution in [3.63, 3.8) is 0 Å². The standard InChI is InChI=1S/C15H14O/c1-16-10-13-9-8-12-5-2-4-11-6-3-7-14(13)15(11)12/h2-9,15H,10H2,1H3. The van der Waals surface area contributed by atoms with Crippen molar-refractivity contribution in [2.45, 2.75) is 0 Å². The molecule has 0 radical (unpaired) electrons. The molecule has 0 aromatic carbocycles. The van der Waals surface area contributed by atoms with E-state index in [9.17, 15) is 0 Å². The van der Waals surface area contributed by atoms with E-state index in [4.69, 9.17) is 4.74 Å². The van der Waals surface area contributed by atoms with Crippen molar-refractivity contribution in [2.75, 3.05) is 13.7 Å². The van der Waals surface area contributed by atoms with Gasteiger partial charge >= 0.3 is 0 Å². The summed E-state index contributed by atoms with van der Waals surface area (Å²) in [7, 11) is 1.75. The molecule has 0 aromatic rings. The van der Waals surface area contributed by atoms with E-state index in [0.29, 0.717) is 12.5 Å². The van der Waals surface area contributed by atoms with Crippen LogP contribution in [0.2, 0.25) is 0 Å². The Bertz CT molecular complexity index is 496. The van der Waals surface area contributed by atoms with E-state index in [1.807, 2.05) is 0 Å². The number of rotatable bonds is 2. The van der Waals surface area contributed by atoms with Crippen LogP contribution in [0.4, 0.5) is 0 Å². The second kappa shape index (κ2) is 3.76. The molecule has 0 fully saturated rings. The largest absolute Gasteiger partial charge is 0.380 e. The van der Waals surface area contributed by atoms with Gasteiger partial charge in [0.15, 0.2) is 0 Å². The molecule has 1 atom stereocenters. The molecular formula is C15H14O. The Morgan fingerprint density at radius 1 is 1.00 bits per heavy atom. The maximum Gasteiger partial charge on any atom is 0.0716 e. The van der Waals surface area contributed by atoms with Crippen LogP contribution in [0.15, 0.2) is 70.9 Å². The SMILES string of the molecule is COCC1=CC=C2C=CC=C3C=CC=C1C32. The lowest BCUT2D eigenvalue weighted by molar-refractivity contribution is 0.226. The normalized spacial score (nSPS) is 25.4. The minimum Gasteiger partial charge on any atom is -0.380 e. The van der Waals surface area contributed by atoms with Gasteiger partial charge in [-0.2, -0.15) is 0 Å². The van der Waals surface area contributed by atoms with Crippen LogP contribution in [-0.2, 0) is 4.74 Å². The van der Waals surface area contributed by atoms with E-state index in [1.54, 1.807) is 7.11 Å². The maximum absolute atomic E-state index is 5.25. The monoisotopic (exact) mass is 210 g/mol. The fourth-order valence-corrected chi connectivity index (χ4v) is 2.55. The van der Waals surface area contributed by atoms with Crippen molar-refractivity contribution in [3.8, 4) is 0 Å². The first-order chi connectivity index (χ1) is 7.90. The predicted octanol–water partition coefficient (Wildman–Crippen LogP) is 3.11. The smallest absolute Gasteiger partial charge is 0.0716 e. The van der Waals surface area contributed by atoms with E-state index in [-0.39, 0.29) is 0 Å². The average molecular weight is 210 g/mol. The van der Waals surface area contributed by atoms with Crippen LogP contribution in [0.5, 0.6) is 0 Å². The average Bonchev–Trinajstić information content (AvgIpc) is 2.33. The van der Waals surface area contributed by atoms with Gasteiger partial charge in [-0.1, -0.05) is 48.6 Å². The van der Waals surface area contributed by atoms with Gasteiger partial charge in [0.25, 0.3) is 0 Å². The van der Waals surface area contributed by atoms with Crippen LogP contribution < -0.4 is 0 Å². The minimum absolute atomic E-state index is 0.435. The van der Waals surface area contributed by atoms with Crippen LogP contribution in [0.3, 0.4) is 0 Å². The first-order valence-corrected chi connectivity index (χ1v) is 5.57. The Hall–Kier alpha value is -1.60. The zero-order valence-electron chi connectivity index (χ0n) is 9.31. The van der Waals surface area contributed by atoms with Crippen molar-refractivity contribution < 1.29 is 4.74 Å². The number of ether oxygens (including phenoxy) is 1. The summed E-state index contributed by atoms with van der Waals surface area (Å²) in [5, 5.41) is 0. The molecule has 0 bridgehead atoms. The van der Waals surface area contributed by atoms with Gasteiger partial charge in [-0.05, 0) is 22.3 Å². The number of hydrogen-bond acceptors (Lipinski definition) is 1. The first-order valence-electron chi connectivity index (χ1n) is 5.57. The molecule has 0 aromatic heterocycles. The third-order valence-electron chi connectivity index (χ3n) is 3.27. The Morgan fingerprint density at radius 2 is 1.75 bits per heavy atom. The highest BCUT2D eigenvalue weighted by Gasteiger charge is 2.28. The van der Waals surface area contributed by atoms with E-state index in [0.717, 1.165) is 0 Å². The summed E-state index contributed by atoms with van der Waals surface area (Å²) in [6, 6.07) is 0. The van der Waals surface area contributed by atoms with Crippen LogP contribution in [0, 0.1) is 5.92 Å². The fourth-order valence-electron chi connectivity index (χ4n) is 2.55. The summed E-state index contributed by atoms with van der Waals surface area (Å²) in [5.74, 6) is 0.435. The second-order valence-corrected chi connectivity index (χ2v) is 4.23. The number of allylic oxidation sites excluding steroid dienone is 10. The molecule has 80 valence electrons. The van der Waals surface area contributed by atoms with Crippen LogP contribution in [0.1, 0.15) is 0 Å². The quantitative estimate of drug-likeness (QED) is 0.680. The summed E-state index contributed by atoms with van der Waals surface area (Å²) in [6.45, 7) is 0.691. The molecule has 1 nitrogen and oxygen atoms in total.